The van der Waals surface area contributed by atoms with Gasteiger partial charge in [0, 0.05) is 37.2 Å². The summed E-state index contributed by atoms with van der Waals surface area (Å²) in [6.45, 7) is 1.88. The van der Waals surface area contributed by atoms with Crippen LogP contribution in [0.15, 0.2) is 24.5 Å². The van der Waals surface area contributed by atoms with Crippen molar-refractivity contribution in [3.05, 3.63) is 34.6 Å². The maximum Gasteiger partial charge on any atom is 0.270 e. The molecule has 1 atom stereocenters. The zero-order valence-corrected chi connectivity index (χ0v) is 11.8. The van der Waals surface area contributed by atoms with Crippen LogP contribution in [0.1, 0.15) is 12.8 Å². The summed E-state index contributed by atoms with van der Waals surface area (Å²) in [6, 6.07) is 5.12. The standard InChI is InChI=1S/C14H17N5O2/c1-18(8-10-3-2-6-15-10)14-12-7-11(19(20)21)4-5-13(12)16-9-17-14/h4-5,7,9-10,15H,2-3,6,8H2,1H3. The van der Waals surface area contributed by atoms with Gasteiger partial charge in [-0.25, -0.2) is 9.97 Å². The van der Waals surface area contributed by atoms with E-state index in [0.717, 1.165) is 30.8 Å². The minimum atomic E-state index is -0.394. The van der Waals surface area contributed by atoms with Gasteiger partial charge in [-0.1, -0.05) is 0 Å². The minimum absolute atomic E-state index is 0.0611. The molecule has 0 amide bonds. The maximum absolute atomic E-state index is 10.9. The fourth-order valence-electron chi connectivity index (χ4n) is 2.78. The summed E-state index contributed by atoms with van der Waals surface area (Å²) in [5, 5.41) is 15.1. The van der Waals surface area contributed by atoms with E-state index in [4.69, 9.17) is 0 Å². The lowest BCUT2D eigenvalue weighted by Gasteiger charge is -2.23. The second kappa shape index (κ2) is 5.61. The normalized spacial score (nSPS) is 18.0. The second-order valence-corrected chi connectivity index (χ2v) is 5.33. The van der Waals surface area contributed by atoms with Crippen molar-refractivity contribution in [3.8, 4) is 0 Å². The molecule has 0 aliphatic carbocycles. The Bertz CT molecular complexity index is 669. The van der Waals surface area contributed by atoms with E-state index in [-0.39, 0.29) is 5.69 Å². The van der Waals surface area contributed by atoms with Crippen molar-refractivity contribution >= 4 is 22.4 Å². The molecule has 1 aliphatic rings. The number of nitro groups is 1. The molecule has 21 heavy (non-hydrogen) atoms. The Hall–Kier alpha value is -2.28. The quantitative estimate of drug-likeness (QED) is 0.681. The lowest BCUT2D eigenvalue weighted by atomic mass is 10.2. The molecule has 1 unspecified atom stereocenters. The molecule has 1 aromatic carbocycles. The molecular weight excluding hydrogens is 270 g/mol. The van der Waals surface area contributed by atoms with E-state index < -0.39 is 4.92 Å². The largest absolute Gasteiger partial charge is 0.358 e. The van der Waals surface area contributed by atoms with E-state index in [0.29, 0.717) is 11.4 Å². The summed E-state index contributed by atoms with van der Waals surface area (Å²) < 4.78 is 0. The molecule has 0 saturated carbocycles. The highest BCUT2D eigenvalue weighted by Crippen LogP contribution is 2.26. The summed E-state index contributed by atoms with van der Waals surface area (Å²) in [5.41, 5.74) is 0.780. The summed E-state index contributed by atoms with van der Waals surface area (Å²) in [7, 11) is 1.96. The first kappa shape index (κ1) is 13.7. The number of likely N-dealkylation sites (N-methyl/N-ethyl adjacent to an activating group) is 1. The Labute approximate surface area is 122 Å². The van der Waals surface area contributed by atoms with E-state index in [1.165, 1.54) is 18.8 Å². The van der Waals surface area contributed by atoms with Gasteiger partial charge in [0.05, 0.1) is 10.4 Å². The molecule has 0 radical (unpaired) electrons. The third kappa shape index (κ3) is 2.78. The van der Waals surface area contributed by atoms with E-state index in [9.17, 15) is 10.1 Å². The van der Waals surface area contributed by atoms with E-state index in [1.54, 1.807) is 12.1 Å². The second-order valence-electron chi connectivity index (χ2n) is 5.33. The van der Waals surface area contributed by atoms with Crippen LogP contribution in [0.3, 0.4) is 0 Å². The summed E-state index contributed by atoms with van der Waals surface area (Å²) in [4.78, 5) is 21.1. The third-order valence-electron chi connectivity index (χ3n) is 3.83. The van der Waals surface area contributed by atoms with Gasteiger partial charge in [-0.15, -0.1) is 0 Å². The number of rotatable bonds is 4. The molecule has 0 spiro atoms. The number of benzene rings is 1. The zero-order valence-electron chi connectivity index (χ0n) is 11.8. The van der Waals surface area contributed by atoms with Crippen LogP contribution >= 0.6 is 0 Å². The number of anilines is 1. The number of hydrogen-bond acceptors (Lipinski definition) is 6. The van der Waals surface area contributed by atoms with Crippen LogP contribution in [-0.4, -0.2) is 41.1 Å². The average Bonchev–Trinajstić information content (AvgIpc) is 2.98. The molecule has 1 aromatic heterocycles. The van der Waals surface area contributed by atoms with Gasteiger partial charge in [0.15, 0.2) is 0 Å². The van der Waals surface area contributed by atoms with Crippen LogP contribution in [0.2, 0.25) is 0 Å². The van der Waals surface area contributed by atoms with Crippen molar-refractivity contribution in [2.75, 3.05) is 25.0 Å². The fraction of sp³-hybridized carbons (Fsp3) is 0.429. The first-order chi connectivity index (χ1) is 10.1. The van der Waals surface area contributed by atoms with Crippen molar-refractivity contribution in [3.63, 3.8) is 0 Å². The molecule has 1 aliphatic heterocycles. The number of nitro benzene ring substituents is 1. The summed E-state index contributed by atoms with van der Waals surface area (Å²) >= 11 is 0. The molecule has 1 fully saturated rings. The Balaban J connectivity index is 1.96. The highest BCUT2D eigenvalue weighted by atomic mass is 16.6. The number of hydrogen-bond donors (Lipinski definition) is 1. The molecule has 110 valence electrons. The van der Waals surface area contributed by atoms with Gasteiger partial charge in [-0.05, 0) is 25.5 Å². The van der Waals surface area contributed by atoms with Gasteiger partial charge in [-0.3, -0.25) is 10.1 Å². The van der Waals surface area contributed by atoms with Crippen molar-refractivity contribution in [1.82, 2.24) is 15.3 Å². The molecule has 1 saturated heterocycles. The van der Waals surface area contributed by atoms with E-state index in [1.807, 2.05) is 11.9 Å². The Morgan fingerprint density at radius 3 is 3.05 bits per heavy atom. The Morgan fingerprint density at radius 2 is 2.33 bits per heavy atom. The van der Waals surface area contributed by atoms with Gasteiger partial charge in [-0.2, -0.15) is 0 Å². The van der Waals surface area contributed by atoms with Gasteiger partial charge in [0.25, 0.3) is 5.69 Å². The minimum Gasteiger partial charge on any atom is -0.358 e. The molecule has 3 rings (SSSR count). The predicted molar refractivity (Wildman–Crippen MR) is 80.5 cm³/mol. The molecule has 0 bridgehead atoms. The number of fused-ring (bicyclic) bond motifs is 1. The van der Waals surface area contributed by atoms with Crippen LogP contribution in [0.25, 0.3) is 10.9 Å². The molecule has 1 N–H and O–H groups in total. The van der Waals surface area contributed by atoms with Crippen LogP contribution in [0.5, 0.6) is 0 Å². The van der Waals surface area contributed by atoms with Gasteiger partial charge >= 0.3 is 0 Å². The number of nitrogens with one attached hydrogen (secondary N) is 1. The number of aromatic nitrogens is 2. The number of nitrogens with zero attached hydrogens (tertiary/aromatic N) is 4. The average molecular weight is 287 g/mol. The van der Waals surface area contributed by atoms with Crippen molar-refractivity contribution < 1.29 is 4.92 Å². The monoisotopic (exact) mass is 287 g/mol. The topological polar surface area (TPSA) is 84.2 Å². The third-order valence-corrected chi connectivity index (χ3v) is 3.83. The smallest absolute Gasteiger partial charge is 0.270 e. The molecule has 7 heteroatoms. The lowest BCUT2D eigenvalue weighted by Crippen LogP contribution is -2.35. The van der Waals surface area contributed by atoms with Crippen LogP contribution in [0.4, 0.5) is 11.5 Å². The first-order valence-electron chi connectivity index (χ1n) is 6.99. The number of non-ortho nitro benzene ring substituents is 1. The zero-order chi connectivity index (χ0) is 14.8. The van der Waals surface area contributed by atoms with Crippen LogP contribution in [0, 0.1) is 10.1 Å². The molecule has 2 aromatic rings. The molecule has 2 heterocycles. The maximum atomic E-state index is 10.9. The van der Waals surface area contributed by atoms with Gasteiger partial charge < -0.3 is 10.2 Å². The summed E-state index contributed by atoms with van der Waals surface area (Å²) in [5.74, 6) is 0.734. The first-order valence-corrected chi connectivity index (χ1v) is 6.99. The summed E-state index contributed by atoms with van der Waals surface area (Å²) in [6.07, 6.45) is 3.84. The van der Waals surface area contributed by atoms with E-state index >= 15 is 0 Å². The highest BCUT2D eigenvalue weighted by molar-refractivity contribution is 5.90. The van der Waals surface area contributed by atoms with Crippen molar-refractivity contribution in [1.29, 1.82) is 0 Å². The van der Waals surface area contributed by atoms with Crippen LogP contribution < -0.4 is 10.2 Å². The predicted octanol–water partition coefficient (Wildman–Crippen LogP) is 1.73. The molecular formula is C14H17N5O2. The van der Waals surface area contributed by atoms with Crippen LogP contribution in [-0.2, 0) is 0 Å². The Morgan fingerprint density at radius 1 is 1.48 bits per heavy atom. The van der Waals surface area contributed by atoms with E-state index in [2.05, 4.69) is 15.3 Å². The Kier molecular flexibility index (Phi) is 3.66. The lowest BCUT2D eigenvalue weighted by molar-refractivity contribution is -0.384. The molecule has 7 nitrogen and oxygen atoms in total. The SMILES string of the molecule is CN(CC1CCCN1)c1ncnc2ccc([N+](=O)[O-])cc12. The van der Waals surface area contributed by atoms with Crippen molar-refractivity contribution in [2.45, 2.75) is 18.9 Å². The fourth-order valence-corrected chi connectivity index (χ4v) is 2.78. The highest BCUT2D eigenvalue weighted by Gasteiger charge is 2.19. The van der Waals surface area contributed by atoms with Gasteiger partial charge in [0.1, 0.15) is 12.1 Å². The van der Waals surface area contributed by atoms with Gasteiger partial charge in [0.2, 0.25) is 0 Å². The van der Waals surface area contributed by atoms with Crippen molar-refractivity contribution in [2.24, 2.45) is 0 Å².